The summed E-state index contributed by atoms with van der Waals surface area (Å²) in [5.74, 6) is 0.719. The Labute approximate surface area is 76.9 Å². The van der Waals surface area contributed by atoms with E-state index in [1.165, 1.54) is 0 Å². The van der Waals surface area contributed by atoms with Gasteiger partial charge in [0.15, 0.2) is 0 Å². The molecule has 2 rings (SSSR count). The summed E-state index contributed by atoms with van der Waals surface area (Å²) in [5, 5.41) is 9.50. The van der Waals surface area contributed by atoms with E-state index >= 15 is 0 Å². The zero-order valence-corrected chi connectivity index (χ0v) is 7.18. The van der Waals surface area contributed by atoms with Crippen LogP contribution in [0.3, 0.4) is 0 Å². The number of hydrogen-bond acceptors (Lipinski definition) is 3. The van der Waals surface area contributed by atoms with Gasteiger partial charge in [0, 0.05) is 6.54 Å². The van der Waals surface area contributed by atoms with Crippen molar-refractivity contribution >= 4 is 5.69 Å². The van der Waals surface area contributed by atoms with Crippen LogP contribution < -0.4 is 9.64 Å². The Kier molecular flexibility index (Phi) is 1.94. The highest BCUT2D eigenvalue weighted by atomic mass is 16.6. The first kappa shape index (κ1) is 8.13. The number of nitrogens with zero attached hydrogens (tertiary/aromatic N) is 1. The summed E-state index contributed by atoms with van der Waals surface area (Å²) in [4.78, 5) is 1.74. The summed E-state index contributed by atoms with van der Waals surface area (Å²) >= 11 is 0. The Morgan fingerprint density at radius 3 is 3.08 bits per heavy atom. The van der Waals surface area contributed by atoms with Crippen LogP contribution in [0.5, 0.6) is 5.75 Å². The fourth-order valence-electron chi connectivity index (χ4n) is 1.42. The molecular weight excluding hydrogens is 166 g/mol. The van der Waals surface area contributed by atoms with Gasteiger partial charge in [0.1, 0.15) is 5.75 Å². The minimum absolute atomic E-state index is 0.582. The van der Waals surface area contributed by atoms with E-state index < -0.39 is 6.41 Å². The molecule has 0 aliphatic carbocycles. The van der Waals surface area contributed by atoms with Crippen LogP contribution in [0.2, 0.25) is 0 Å². The van der Waals surface area contributed by atoms with Crippen molar-refractivity contribution in [1.29, 1.82) is 0 Å². The molecule has 1 aromatic rings. The largest absolute Gasteiger partial charge is 0.445 e. The van der Waals surface area contributed by atoms with E-state index in [4.69, 9.17) is 4.74 Å². The molecular formula is C10H11NO2. The van der Waals surface area contributed by atoms with Gasteiger partial charge in [-0.2, -0.15) is 0 Å². The van der Waals surface area contributed by atoms with E-state index in [0.717, 1.165) is 11.4 Å². The average Bonchev–Trinajstić information content (AvgIpc) is 2.44. The lowest BCUT2D eigenvalue weighted by Crippen LogP contribution is -2.34. The van der Waals surface area contributed by atoms with Gasteiger partial charge in [0.05, 0.1) is 5.69 Å². The van der Waals surface area contributed by atoms with Crippen LogP contribution in [0.15, 0.2) is 36.9 Å². The molecule has 1 unspecified atom stereocenters. The molecule has 68 valence electrons. The van der Waals surface area contributed by atoms with Crippen molar-refractivity contribution in [3.05, 3.63) is 36.9 Å². The number of rotatable bonds is 2. The second-order valence-corrected chi connectivity index (χ2v) is 2.85. The summed E-state index contributed by atoms with van der Waals surface area (Å²) in [6, 6.07) is 7.54. The summed E-state index contributed by atoms with van der Waals surface area (Å²) < 4.78 is 5.21. The zero-order chi connectivity index (χ0) is 9.26. The third-order valence-electron chi connectivity index (χ3n) is 2.00. The molecule has 3 heteroatoms. The zero-order valence-electron chi connectivity index (χ0n) is 7.18. The highest BCUT2D eigenvalue weighted by Gasteiger charge is 2.27. The number of anilines is 1. The van der Waals surface area contributed by atoms with E-state index in [0.29, 0.717) is 6.54 Å². The molecule has 1 atom stereocenters. The van der Waals surface area contributed by atoms with E-state index in [1.807, 2.05) is 24.3 Å². The molecule has 3 nitrogen and oxygen atoms in total. The van der Waals surface area contributed by atoms with Crippen molar-refractivity contribution in [2.45, 2.75) is 6.41 Å². The Hall–Kier alpha value is -1.48. The van der Waals surface area contributed by atoms with Gasteiger partial charge >= 0.3 is 0 Å². The van der Waals surface area contributed by atoms with Gasteiger partial charge in [-0.25, -0.2) is 0 Å². The molecule has 0 aromatic heterocycles. The molecule has 13 heavy (non-hydrogen) atoms. The van der Waals surface area contributed by atoms with E-state index in [-0.39, 0.29) is 0 Å². The van der Waals surface area contributed by atoms with Crippen LogP contribution in [-0.4, -0.2) is 18.1 Å². The van der Waals surface area contributed by atoms with Crippen molar-refractivity contribution in [2.24, 2.45) is 0 Å². The highest BCUT2D eigenvalue weighted by molar-refractivity contribution is 5.61. The molecule has 1 N–H and O–H groups in total. The van der Waals surface area contributed by atoms with Crippen LogP contribution in [0, 0.1) is 0 Å². The normalized spacial score (nSPS) is 19.5. The minimum atomic E-state index is -0.879. The fraction of sp³-hybridized carbons (Fsp3) is 0.200. The smallest absolute Gasteiger partial charge is 0.282 e. The van der Waals surface area contributed by atoms with E-state index in [2.05, 4.69) is 6.58 Å². The minimum Gasteiger partial charge on any atom is -0.445 e. The van der Waals surface area contributed by atoms with Crippen molar-refractivity contribution in [3.63, 3.8) is 0 Å². The third kappa shape index (κ3) is 1.27. The van der Waals surface area contributed by atoms with Gasteiger partial charge in [0.25, 0.3) is 6.41 Å². The Bertz CT molecular complexity index is 324. The quantitative estimate of drug-likeness (QED) is 0.692. The first-order valence-corrected chi connectivity index (χ1v) is 4.14. The van der Waals surface area contributed by atoms with Crippen LogP contribution >= 0.6 is 0 Å². The summed E-state index contributed by atoms with van der Waals surface area (Å²) in [7, 11) is 0. The predicted octanol–water partition coefficient (Wildman–Crippen LogP) is 1.35. The third-order valence-corrected chi connectivity index (χ3v) is 2.00. The summed E-state index contributed by atoms with van der Waals surface area (Å²) in [5.41, 5.74) is 0.912. The molecule has 0 amide bonds. The van der Waals surface area contributed by atoms with E-state index in [9.17, 15) is 5.11 Å². The van der Waals surface area contributed by atoms with Crippen LogP contribution in [0.25, 0.3) is 0 Å². The number of aliphatic hydroxyl groups excluding tert-OH is 1. The van der Waals surface area contributed by atoms with Crippen LogP contribution in [0.4, 0.5) is 5.69 Å². The molecule has 0 saturated carbocycles. The number of hydrogen-bond donors (Lipinski definition) is 1. The molecule has 0 fully saturated rings. The van der Waals surface area contributed by atoms with E-state index in [1.54, 1.807) is 11.0 Å². The second-order valence-electron chi connectivity index (χ2n) is 2.85. The van der Waals surface area contributed by atoms with Gasteiger partial charge in [-0.3, -0.25) is 0 Å². The maximum atomic E-state index is 9.50. The highest BCUT2D eigenvalue weighted by Crippen LogP contribution is 2.35. The standard InChI is InChI=1S/C10H11NO2/c1-2-7-11-8-5-3-4-6-9(8)13-10(11)12/h2-6,10,12H,1,7H2. The monoisotopic (exact) mass is 177 g/mol. The Morgan fingerprint density at radius 2 is 2.31 bits per heavy atom. The van der Waals surface area contributed by atoms with Crippen molar-refractivity contribution < 1.29 is 9.84 Å². The molecule has 1 aromatic carbocycles. The first-order valence-electron chi connectivity index (χ1n) is 4.14. The van der Waals surface area contributed by atoms with Gasteiger partial charge in [-0.05, 0) is 12.1 Å². The molecule has 1 aliphatic heterocycles. The number of fused-ring (bicyclic) bond motifs is 1. The molecule has 0 saturated heterocycles. The first-order chi connectivity index (χ1) is 6.33. The molecule has 1 aliphatic rings. The van der Waals surface area contributed by atoms with Crippen molar-refractivity contribution in [3.8, 4) is 5.75 Å². The Morgan fingerprint density at radius 1 is 1.54 bits per heavy atom. The molecule has 0 spiro atoms. The molecule has 0 bridgehead atoms. The lowest BCUT2D eigenvalue weighted by molar-refractivity contribution is -0.00105. The van der Waals surface area contributed by atoms with Crippen molar-refractivity contribution in [2.75, 3.05) is 11.4 Å². The van der Waals surface area contributed by atoms with Gasteiger partial charge in [-0.1, -0.05) is 18.2 Å². The topological polar surface area (TPSA) is 32.7 Å². The van der Waals surface area contributed by atoms with Crippen LogP contribution in [0.1, 0.15) is 0 Å². The maximum absolute atomic E-state index is 9.50. The fourth-order valence-corrected chi connectivity index (χ4v) is 1.42. The SMILES string of the molecule is C=CCN1c2ccccc2OC1O. The maximum Gasteiger partial charge on any atom is 0.282 e. The summed E-state index contributed by atoms with van der Waals surface area (Å²) in [6.45, 7) is 4.20. The van der Waals surface area contributed by atoms with Gasteiger partial charge in [-0.15, -0.1) is 6.58 Å². The summed E-state index contributed by atoms with van der Waals surface area (Å²) in [6.07, 6.45) is 0.852. The lowest BCUT2D eigenvalue weighted by atomic mass is 10.3. The lowest BCUT2D eigenvalue weighted by Gasteiger charge is -2.18. The predicted molar refractivity (Wildman–Crippen MR) is 50.6 cm³/mol. The second kappa shape index (κ2) is 3.11. The van der Waals surface area contributed by atoms with Gasteiger partial charge in [0.2, 0.25) is 0 Å². The average molecular weight is 177 g/mol. The number of ether oxygens (including phenoxy) is 1. The number of para-hydroxylation sites is 2. The number of benzene rings is 1. The van der Waals surface area contributed by atoms with Crippen LogP contribution in [-0.2, 0) is 0 Å². The molecule has 0 radical (unpaired) electrons. The molecule has 1 heterocycles. The van der Waals surface area contributed by atoms with Gasteiger partial charge < -0.3 is 14.7 Å². The Balaban J connectivity index is 2.34. The number of aliphatic hydroxyl groups is 1. The van der Waals surface area contributed by atoms with Crippen molar-refractivity contribution in [1.82, 2.24) is 0 Å².